The molecule has 1 N–H and O–H groups in total. The molecule has 1 aromatic rings. The Morgan fingerprint density at radius 1 is 1.11 bits per heavy atom. The van der Waals surface area contributed by atoms with Crippen LogP contribution < -0.4 is 0 Å². The minimum Gasteiger partial charge on any atom is -0.393 e. The molecule has 2 rings (SSSR count). The van der Waals surface area contributed by atoms with Crippen molar-refractivity contribution >= 4 is 23.4 Å². The number of aliphatic hydroxyl groups excluding tert-OH is 1. The Morgan fingerprint density at radius 2 is 1.74 bits per heavy atom. The van der Waals surface area contributed by atoms with Gasteiger partial charge < -0.3 is 9.94 Å². The van der Waals surface area contributed by atoms with E-state index in [9.17, 15) is 5.11 Å². The van der Waals surface area contributed by atoms with Gasteiger partial charge in [0.1, 0.15) is 12.7 Å². The third-order valence-corrected chi connectivity index (χ3v) is 5.13. The van der Waals surface area contributed by atoms with Gasteiger partial charge in [0, 0.05) is 23.7 Å². The number of hydrogen-bond donors (Lipinski definition) is 1. The van der Waals surface area contributed by atoms with Crippen molar-refractivity contribution in [3.8, 4) is 0 Å². The number of rotatable bonds is 8. The molecule has 0 saturated heterocycles. The van der Waals surface area contributed by atoms with Crippen LogP contribution in [0.4, 0.5) is 0 Å². The molecule has 1 saturated carbocycles. The maximum Gasteiger partial charge on any atom is 0.144 e. The molecule has 5 heteroatoms. The first-order valence-electron chi connectivity index (χ1n) is 9.96. The first-order chi connectivity index (χ1) is 12.9. The molecule has 1 fully saturated rings. The third-order valence-electron chi connectivity index (χ3n) is 4.88. The Balaban J connectivity index is 1.96. The van der Waals surface area contributed by atoms with Crippen molar-refractivity contribution < 1.29 is 9.94 Å². The second-order valence-electron chi connectivity index (χ2n) is 7.80. The summed E-state index contributed by atoms with van der Waals surface area (Å²) in [5, 5.41) is 15.4. The van der Waals surface area contributed by atoms with E-state index in [0.29, 0.717) is 18.6 Å². The number of oxime groups is 1. The van der Waals surface area contributed by atoms with Crippen LogP contribution in [0.3, 0.4) is 0 Å². The molecule has 0 spiro atoms. The van der Waals surface area contributed by atoms with Crippen molar-refractivity contribution in [1.29, 1.82) is 0 Å². The number of allylic oxidation sites excluding steroid dienone is 1. The first kappa shape index (κ1) is 21.9. The summed E-state index contributed by atoms with van der Waals surface area (Å²) in [6.45, 7) is 9.38. The molecule has 150 valence electrons. The molecule has 0 aromatic heterocycles. The van der Waals surface area contributed by atoms with Crippen LogP contribution in [0.25, 0.3) is 6.08 Å². The smallest absolute Gasteiger partial charge is 0.144 e. The van der Waals surface area contributed by atoms with E-state index in [4.69, 9.17) is 16.4 Å². The zero-order valence-corrected chi connectivity index (χ0v) is 17.7. The van der Waals surface area contributed by atoms with Crippen LogP contribution in [0.15, 0.2) is 35.0 Å². The fraction of sp³-hybridized carbons (Fsp3) is 0.591. The average molecular weight is 393 g/mol. The highest BCUT2D eigenvalue weighted by atomic mass is 35.5. The van der Waals surface area contributed by atoms with Crippen LogP contribution in [0, 0.1) is 0 Å². The van der Waals surface area contributed by atoms with Crippen molar-refractivity contribution in [2.75, 3.05) is 13.2 Å². The Hall–Kier alpha value is -1.36. The van der Waals surface area contributed by atoms with Gasteiger partial charge in [0.25, 0.3) is 0 Å². The van der Waals surface area contributed by atoms with Crippen LogP contribution in [0.1, 0.15) is 58.9 Å². The molecular weight excluding hydrogens is 360 g/mol. The zero-order chi connectivity index (χ0) is 19.8. The van der Waals surface area contributed by atoms with Gasteiger partial charge in [-0.15, -0.1) is 0 Å². The van der Waals surface area contributed by atoms with Gasteiger partial charge in [-0.2, -0.15) is 0 Å². The highest BCUT2D eigenvalue weighted by Crippen LogP contribution is 2.24. The molecule has 27 heavy (non-hydrogen) atoms. The molecule has 0 amide bonds. The highest BCUT2D eigenvalue weighted by molar-refractivity contribution is 6.30. The Bertz CT molecular complexity index is 630. The second kappa shape index (κ2) is 10.8. The Morgan fingerprint density at radius 3 is 2.37 bits per heavy atom. The number of benzene rings is 1. The molecule has 4 nitrogen and oxygen atoms in total. The summed E-state index contributed by atoms with van der Waals surface area (Å²) < 4.78 is 0. The predicted octanol–water partition coefficient (Wildman–Crippen LogP) is 5.15. The summed E-state index contributed by atoms with van der Waals surface area (Å²) in [6.07, 6.45) is 5.82. The SMILES string of the molecule is CC(C)N(CC(O)CO/N=C1\CCCC\C1=C/c1ccc(Cl)cc1)C(C)C. The summed E-state index contributed by atoms with van der Waals surface area (Å²) >= 11 is 5.96. The lowest BCUT2D eigenvalue weighted by atomic mass is 9.91. The molecule has 0 heterocycles. The normalized spacial score (nSPS) is 19.4. The fourth-order valence-corrected chi connectivity index (χ4v) is 3.57. The van der Waals surface area contributed by atoms with Gasteiger partial charge in [0.2, 0.25) is 0 Å². The van der Waals surface area contributed by atoms with Crippen LogP contribution in [0.5, 0.6) is 0 Å². The quantitative estimate of drug-likeness (QED) is 0.622. The van der Waals surface area contributed by atoms with E-state index in [1.165, 1.54) is 12.0 Å². The average Bonchev–Trinajstić information content (AvgIpc) is 2.62. The van der Waals surface area contributed by atoms with E-state index in [1.54, 1.807) is 0 Å². The predicted molar refractivity (Wildman–Crippen MR) is 114 cm³/mol. The van der Waals surface area contributed by atoms with E-state index < -0.39 is 6.10 Å². The van der Waals surface area contributed by atoms with E-state index in [2.05, 4.69) is 43.8 Å². The molecule has 0 radical (unpaired) electrons. The number of nitrogens with zero attached hydrogens (tertiary/aromatic N) is 2. The van der Waals surface area contributed by atoms with Crippen LogP contribution in [0.2, 0.25) is 5.02 Å². The topological polar surface area (TPSA) is 45.1 Å². The minimum absolute atomic E-state index is 0.216. The summed E-state index contributed by atoms with van der Waals surface area (Å²) in [7, 11) is 0. The molecule has 1 aromatic carbocycles. The summed E-state index contributed by atoms with van der Waals surface area (Å²) in [5.74, 6) is 0. The number of aliphatic hydroxyl groups is 1. The van der Waals surface area contributed by atoms with Gasteiger partial charge in [-0.3, -0.25) is 4.90 Å². The van der Waals surface area contributed by atoms with Crippen molar-refractivity contribution in [2.24, 2.45) is 5.16 Å². The number of halogens is 1. The molecule has 0 bridgehead atoms. The van der Waals surface area contributed by atoms with Crippen molar-refractivity contribution in [3.63, 3.8) is 0 Å². The third kappa shape index (κ3) is 7.28. The van der Waals surface area contributed by atoms with Crippen molar-refractivity contribution in [2.45, 2.75) is 71.6 Å². The van der Waals surface area contributed by atoms with Crippen LogP contribution in [-0.2, 0) is 4.84 Å². The summed E-state index contributed by atoms with van der Waals surface area (Å²) in [6, 6.07) is 8.60. The van der Waals surface area contributed by atoms with Gasteiger partial charge in [0.15, 0.2) is 0 Å². The lowest BCUT2D eigenvalue weighted by molar-refractivity contribution is 0.00578. The monoisotopic (exact) mass is 392 g/mol. The second-order valence-corrected chi connectivity index (χ2v) is 8.24. The summed E-state index contributed by atoms with van der Waals surface area (Å²) in [4.78, 5) is 7.79. The largest absolute Gasteiger partial charge is 0.393 e. The van der Waals surface area contributed by atoms with Gasteiger partial charge >= 0.3 is 0 Å². The van der Waals surface area contributed by atoms with Crippen LogP contribution in [-0.4, -0.2) is 47.1 Å². The Kier molecular flexibility index (Phi) is 8.81. The van der Waals surface area contributed by atoms with Gasteiger partial charge in [-0.25, -0.2) is 0 Å². The maximum atomic E-state index is 10.3. The maximum absolute atomic E-state index is 10.3. The fourth-order valence-electron chi connectivity index (χ4n) is 3.45. The van der Waals surface area contributed by atoms with E-state index in [-0.39, 0.29) is 6.61 Å². The van der Waals surface area contributed by atoms with Crippen molar-refractivity contribution in [3.05, 3.63) is 40.4 Å². The van der Waals surface area contributed by atoms with Crippen LogP contribution >= 0.6 is 11.6 Å². The van der Waals surface area contributed by atoms with Crippen molar-refractivity contribution in [1.82, 2.24) is 4.90 Å². The molecule has 0 aliphatic heterocycles. The first-order valence-corrected chi connectivity index (χ1v) is 10.3. The van der Waals surface area contributed by atoms with E-state index in [0.717, 1.165) is 35.6 Å². The molecular formula is C22H33ClN2O2. The van der Waals surface area contributed by atoms with E-state index >= 15 is 0 Å². The minimum atomic E-state index is -0.550. The Labute approximate surface area is 168 Å². The van der Waals surface area contributed by atoms with Gasteiger partial charge in [0.05, 0.1) is 5.71 Å². The molecule has 1 aliphatic carbocycles. The molecule has 1 atom stereocenters. The standard InChI is InChI=1S/C22H33ClN2O2/c1-16(2)25(17(3)4)14-21(26)15-27-24-22-8-6-5-7-19(22)13-18-9-11-20(23)12-10-18/h9-13,16-17,21,26H,5-8,14-15H2,1-4H3/b19-13+,24-22+. The zero-order valence-electron chi connectivity index (χ0n) is 17.0. The van der Waals surface area contributed by atoms with E-state index in [1.807, 2.05) is 24.3 Å². The lowest BCUT2D eigenvalue weighted by Gasteiger charge is -2.32. The lowest BCUT2D eigenvalue weighted by Crippen LogP contribution is -2.43. The molecule has 1 unspecified atom stereocenters. The van der Waals surface area contributed by atoms with Gasteiger partial charge in [-0.05, 0) is 82.7 Å². The number of hydrogen-bond acceptors (Lipinski definition) is 4. The molecule has 1 aliphatic rings. The highest BCUT2D eigenvalue weighted by Gasteiger charge is 2.19. The van der Waals surface area contributed by atoms with Gasteiger partial charge in [-0.1, -0.05) is 28.9 Å². The summed E-state index contributed by atoms with van der Waals surface area (Å²) in [5.41, 5.74) is 3.32.